The van der Waals surface area contributed by atoms with E-state index in [0.29, 0.717) is 23.8 Å². The summed E-state index contributed by atoms with van der Waals surface area (Å²) in [4.78, 5) is 12.6. The van der Waals surface area contributed by atoms with Gasteiger partial charge in [0.15, 0.2) is 10.1 Å². The summed E-state index contributed by atoms with van der Waals surface area (Å²) in [6, 6.07) is 6.18. The highest BCUT2D eigenvalue weighted by Crippen LogP contribution is 2.26. The lowest BCUT2D eigenvalue weighted by molar-refractivity contribution is 0.101. The molecule has 28 heavy (non-hydrogen) atoms. The van der Waals surface area contributed by atoms with Gasteiger partial charge in [0, 0.05) is 24.4 Å². The molecule has 1 fully saturated rings. The van der Waals surface area contributed by atoms with E-state index in [1.165, 1.54) is 27.8 Å². The molecule has 0 atom stereocenters. The normalized spacial score (nSPS) is 15.5. The van der Waals surface area contributed by atoms with E-state index in [2.05, 4.69) is 22.4 Å². The number of carbonyl (C=O) groups excluding carboxylic acids is 1. The van der Waals surface area contributed by atoms with Gasteiger partial charge in [-0.3, -0.25) is 4.79 Å². The molecule has 0 saturated carbocycles. The van der Waals surface area contributed by atoms with Crippen molar-refractivity contribution in [3.05, 3.63) is 29.8 Å². The summed E-state index contributed by atoms with van der Waals surface area (Å²) < 4.78 is 27.7. The zero-order valence-corrected chi connectivity index (χ0v) is 18.2. The Morgan fingerprint density at radius 1 is 1.18 bits per heavy atom. The van der Waals surface area contributed by atoms with Gasteiger partial charge in [0.1, 0.15) is 0 Å². The van der Waals surface area contributed by atoms with E-state index in [4.69, 9.17) is 0 Å². The fourth-order valence-corrected chi connectivity index (χ4v) is 6.04. The number of carbonyl (C=O) groups is 1. The van der Waals surface area contributed by atoms with Crippen LogP contribution in [0.5, 0.6) is 0 Å². The Morgan fingerprint density at radius 3 is 2.57 bits per heavy atom. The van der Waals surface area contributed by atoms with Crippen LogP contribution in [-0.4, -0.2) is 54.1 Å². The lowest BCUT2D eigenvalue weighted by Gasteiger charge is -2.25. The number of rotatable bonds is 9. The molecule has 1 aromatic heterocycles. The van der Waals surface area contributed by atoms with Crippen LogP contribution in [0.4, 0.5) is 5.13 Å². The number of nitrogens with one attached hydrogen (secondary N) is 1. The largest absolute Gasteiger partial charge is 0.353 e. The number of benzene rings is 1. The molecule has 0 spiro atoms. The molecule has 1 saturated heterocycles. The molecule has 2 heterocycles. The molecule has 0 radical (unpaired) electrons. The third-order valence-corrected chi connectivity index (χ3v) is 8.50. The van der Waals surface area contributed by atoms with E-state index in [-0.39, 0.29) is 17.2 Å². The molecule has 0 unspecified atom stereocenters. The van der Waals surface area contributed by atoms with Crippen LogP contribution in [-0.2, 0) is 10.0 Å². The van der Waals surface area contributed by atoms with Gasteiger partial charge in [0.2, 0.25) is 15.2 Å². The summed E-state index contributed by atoms with van der Waals surface area (Å²) in [5.41, 5.74) is 0.468. The van der Waals surface area contributed by atoms with Gasteiger partial charge in [-0.05, 0) is 43.5 Å². The third-order valence-electron chi connectivity index (χ3n) is 4.37. The molecule has 0 aliphatic carbocycles. The highest BCUT2D eigenvalue weighted by molar-refractivity contribution is 8.01. The molecule has 10 heteroatoms. The minimum atomic E-state index is -3.48. The van der Waals surface area contributed by atoms with Crippen LogP contribution in [0.2, 0.25) is 0 Å². The molecule has 152 valence electrons. The number of aromatic nitrogens is 2. The molecule has 1 N–H and O–H groups in total. The minimum Gasteiger partial charge on any atom is -0.353 e. The number of Topliss-reactive ketones (excluding diaryl/α,β-unsaturated/α-hetero) is 1. The van der Waals surface area contributed by atoms with Crippen molar-refractivity contribution in [3.8, 4) is 0 Å². The summed E-state index contributed by atoms with van der Waals surface area (Å²) in [5, 5.41) is 11.7. The second-order valence-corrected chi connectivity index (χ2v) is 10.7. The Bertz CT molecular complexity index is 891. The molecular weight excluding hydrogens is 416 g/mol. The highest BCUT2D eigenvalue weighted by Gasteiger charge is 2.25. The predicted octanol–water partition coefficient (Wildman–Crippen LogP) is 3.51. The first-order valence-electron chi connectivity index (χ1n) is 9.34. The second-order valence-electron chi connectivity index (χ2n) is 6.49. The first kappa shape index (κ1) is 21.2. The van der Waals surface area contributed by atoms with Gasteiger partial charge < -0.3 is 5.32 Å². The average molecular weight is 441 g/mol. The van der Waals surface area contributed by atoms with Gasteiger partial charge in [-0.15, -0.1) is 10.2 Å². The van der Waals surface area contributed by atoms with E-state index in [0.717, 1.165) is 35.8 Å². The zero-order chi connectivity index (χ0) is 20.0. The lowest BCUT2D eigenvalue weighted by Crippen LogP contribution is -2.35. The van der Waals surface area contributed by atoms with Crippen LogP contribution < -0.4 is 5.32 Å². The molecule has 1 aliphatic heterocycles. The highest BCUT2D eigenvalue weighted by atomic mass is 32.2. The maximum Gasteiger partial charge on any atom is 0.243 e. The number of hydrogen-bond donors (Lipinski definition) is 1. The number of piperidine rings is 1. The Morgan fingerprint density at radius 2 is 1.89 bits per heavy atom. The fraction of sp³-hybridized carbons (Fsp3) is 0.500. The molecule has 3 rings (SSSR count). The zero-order valence-electron chi connectivity index (χ0n) is 15.8. The van der Waals surface area contributed by atoms with Crippen molar-refractivity contribution in [1.82, 2.24) is 14.5 Å². The lowest BCUT2D eigenvalue weighted by atomic mass is 10.1. The van der Waals surface area contributed by atoms with Crippen LogP contribution in [0.25, 0.3) is 0 Å². The number of anilines is 1. The fourth-order valence-electron chi connectivity index (χ4n) is 2.85. The molecule has 2 aromatic rings. The van der Waals surface area contributed by atoms with Gasteiger partial charge >= 0.3 is 0 Å². The first-order valence-corrected chi connectivity index (χ1v) is 12.6. The molecule has 7 nitrogen and oxygen atoms in total. The van der Waals surface area contributed by atoms with E-state index in [9.17, 15) is 13.2 Å². The maximum atomic E-state index is 12.7. The Hall–Kier alpha value is -1.49. The summed E-state index contributed by atoms with van der Waals surface area (Å²) in [7, 11) is -3.48. The van der Waals surface area contributed by atoms with Crippen LogP contribution in [0, 0.1) is 0 Å². The quantitative estimate of drug-likeness (QED) is 0.471. The summed E-state index contributed by atoms with van der Waals surface area (Å²) >= 11 is 3.07. The van der Waals surface area contributed by atoms with Crippen molar-refractivity contribution < 1.29 is 13.2 Å². The first-order chi connectivity index (χ1) is 13.5. The van der Waals surface area contributed by atoms with E-state index in [1.807, 2.05) is 0 Å². The molecule has 1 aliphatic rings. The van der Waals surface area contributed by atoms with Crippen LogP contribution >= 0.6 is 23.1 Å². The van der Waals surface area contributed by atoms with Crippen LogP contribution in [0.15, 0.2) is 33.5 Å². The number of thioether (sulfide) groups is 1. The van der Waals surface area contributed by atoms with E-state index >= 15 is 0 Å². The number of hydrogen-bond acceptors (Lipinski definition) is 8. The Kier molecular flexibility index (Phi) is 7.44. The van der Waals surface area contributed by atoms with Gasteiger partial charge in [-0.25, -0.2) is 8.42 Å². The van der Waals surface area contributed by atoms with E-state index in [1.54, 1.807) is 23.9 Å². The van der Waals surface area contributed by atoms with Crippen molar-refractivity contribution in [3.63, 3.8) is 0 Å². The van der Waals surface area contributed by atoms with Crippen molar-refractivity contribution in [2.75, 3.05) is 30.7 Å². The van der Waals surface area contributed by atoms with Crippen LogP contribution in [0.1, 0.15) is 43.0 Å². The molecular formula is C18H24N4O3S3. The van der Waals surface area contributed by atoms with Gasteiger partial charge in [0.05, 0.1) is 11.4 Å². The molecule has 1 aromatic carbocycles. The monoisotopic (exact) mass is 440 g/mol. The minimum absolute atomic E-state index is 0.0886. The van der Waals surface area contributed by atoms with Gasteiger partial charge in [-0.2, -0.15) is 4.31 Å². The summed E-state index contributed by atoms with van der Waals surface area (Å²) in [6.45, 7) is 3.32. The SMILES string of the molecule is CCCSc1nnc(NCC(=O)c2ccc(S(=O)(=O)N3CCCCC3)cc2)s1. The standard InChI is InChI=1S/C18H24N4O3S3/c1-2-12-26-18-21-20-17(27-18)19-13-16(23)14-6-8-15(9-7-14)28(24,25)22-10-4-3-5-11-22/h6-9H,2-5,10-13H2,1H3,(H,19,20). The number of sulfonamides is 1. The van der Waals surface area contributed by atoms with E-state index < -0.39 is 10.0 Å². The number of nitrogens with zero attached hydrogens (tertiary/aromatic N) is 3. The molecule has 0 bridgehead atoms. The Balaban J connectivity index is 1.58. The summed E-state index contributed by atoms with van der Waals surface area (Å²) in [5.74, 6) is 0.861. The van der Waals surface area contributed by atoms with Crippen molar-refractivity contribution in [1.29, 1.82) is 0 Å². The second kappa shape index (κ2) is 9.82. The van der Waals surface area contributed by atoms with Crippen LogP contribution in [0.3, 0.4) is 0 Å². The maximum absolute atomic E-state index is 12.7. The van der Waals surface area contributed by atoms with Gasteiger partial charge in [0.25, 0.3) is 0 Å². The topological polar surface area (TPSA) is 92.3 Å². The van der Waals surface area contributed by atoms with Crippen molar-refractivity contribution >= 4 is 44.0 Å². The van der Waals surface area contributed by atoms with Crippen molar-refractivity contribution in [2.24, 2.45) is 0 Å². The third kappa shape index (κ3) is 5.31. The smallest absolute Gasteiger partial charge is 0.243 e. The average Bonchev–Trinajstić information content (AvgIpc) is 3.19. The Labute approximate surface area is 174 Å². The van der Waals surface area contributed by atoms with Crippen molar-refractivity contribution in [2.45, 2.75) is 41.8 Å². The predicted molar refractivity (Wildman–Crippen MR) is 113 cm³/mol. The summed E-state index contributed by atoms with van der Waals surface area (Å²) in [6.07, 6.45) is 3.92. The molecule has 0 amide bonds. The van der Waals surface area contributed by atoms with Gasteiger partial charge in [-0.1, -0.05) is 36.4 Å². The number of ketones is 1.